The number of benzene rings is 1. The van der Waals surface area contributed by atoms with Crippen LogP contribution in [0.3, 0.4) is 0 Å². The highest BCUT2D eigenvalue weighted by Crippen LogP contribution is 2.23. The summed E-state index contributed by atoms with van der Waals surface area (Å²) in [6.45, 7) is 0. The fraction of sp³-hybridized carbons (Fsp3) is 0.333. The van der Waals surface area contributed by atoms with E-state index in [0.29, 0.717) is 17.0 Å². The van der Waals surface area contributed by atoms with Gasteiger partial charge in [0.05, 0.1) is 13.5 Å². The number of hydrogen-bond acceptors (Lipinski definition) is 3. The van der Waals surface area contributed by atoms with E-state index in [4.69, 9.17) is 9.84 Å². The molecule has 0 radical (unpaired) electrons. The molecule has 2 N–H and O–H groups in total. The second-order valence-corrected chi connectivity index (χ2v) is 3.92. The Morgan fingerprint density at radius 3 is 2.56 bits per heavy atom. The minimum absolute atomic E-state index is 0.0826. The Hall–Kier alpha value is -2.24. The van der Waals surface area contributed by atoms with Crippen LogP contribution >= 0.6 is 0 Å². The molecule has 2 amide bonds. The van der Waals surface area contributed by atoms with Gasteiger partial charge in [0.1, 0.15) is 5.75 Å². The van der Waals surface area contributed by atoms with Crippen molar-refractivity contribution >= 4 is 17.7 Å². The van der Waals surface area contributed by atoms with Crippen LogP contribution in [-0.2, 0) is 11.2 Å². The van der Waals surface area contributed by atoms with Crippen molar-refractivity contribution in [3.05, 3.63) is 23.8 Å². The highest BCUT2D eigenvalue weighted by molar-refractivity contribution is 5.84. The fourth-order valence-corrected chi connectivity index (χ4v) is 1.44. The van der Waals surface area contributed by atoms with E-state index in [2.05, 4.69) is 5.32 Å². The van der Waals surface area contributed by atoms with Crippen molar-refractivity contribution in [2.24, 2.45) is 0 Å². The standard InChI is InChI=1S/C12H16N2O4/c1-14(2)11(15)7-8-6-9(13-12(16)17)4-5-10(8)18-3/h4-6,13H,7H2,1-3H3,(H,16,17). The van der Waals surface area contributed by atoms with E-state index in [1.54, 1.807) is 32.3 Å². The number of likely N-dealkylation sites (N-methyl/N-ethyl adjacent to an activating group) is 1. The Balaban J connectivity index is 2.98. The predicted octanol–water partition coefficient (Wildman–Crippen LogP) is 1.42. The molecular weight excluding hydrogens is 236 g/mol. The number of carbonyl (C=O) groups excluding carboxylic acids is 1. The molecule has 6 heteroatoms. The molecule has 98 valence electrons. The molecule has 6 nitrogen and oxygen atoms in total. The van der Waals surface area contributed by atoms with Crippen LogP contribution in [0.15, 0.2) is 18.2 Å². The van der Waals surface area contributed by atoms with E-state index < -0.39 is 6.09 Å². The van der Waals surface area contributed by atoms with E-state index in [9.17, 15) is 9.59 Å². The van der Waals surface area contributed by atoms with Gasteiger partial charge in [0, 0.05) is 25.3 Å². The Bertz CT molecular complexity index is 457. The second kappa shape index (κ2) is 5.90. The van der Waals surface area contributed by atoms with Gasteiger partial charge in [-0.2, -0.15) is 0 Å². The molecule has 0 unspecified atom stereocenters. The first-order valence-electron chi connectivity index (χ1n) is 5.31. The highest BCUT2D eigenvalue weighted by Gasteiger charge is 2.11. The number of amides is 2. The van der Waals surface area contributed by atoms with Crippen molar-refractivity contribution in [3.63, 3.8) is 0 Å². The lowest BCUT2D eigenvalue weighted by Gasteiger charge is -2.13. The molecule has 0 bridgehead atoms. The van der Waals surface area contributed by atoms with Gasteiger partial charge in [-0.25, -0.2) is 4.79 Å². The zero-order valence-electron chi connectivity index (χ0n) is 10.6. The summed E-state index contributed by atoms with van der Waals surface area (Å²) in [6.07, 6.45) is -0.990. The topological polar surface area (TPSA) is 78.9 Å². The number of nitrogens with one attached hydrogen (secondary N) is 1. The first-order chi connectivity index (χ1) is 8.43. The maximum absolute atomic E-state index is 11.6. The summed E-state index contributed by atoms with van der Waals surface area (Å²) in [4.78, 5) is 23.7. The first-order valence-corrected chi connectivity index (χ1v) is 5.31. The molecule has 0 fully saturated rings. The lowest BCUT2D eigenvalue weighted by atomic mass is 10.1. The second-order valence-electron chi connectivity index (χ2n) is 3.92. The number of carbonyl (C=O) groups is 2. The monoisotopic (exact) mass is 252 g/mol. The Kier molecular flexibility index (Phi) is 4.53. The number of anilines is 1. The molecule has 0 spiro atoms. The summed E-state index contributed by atoms with van der Waals surface area (Å²) >= 11 is 0. The molecule has 1 aromatic rings. The molecule has 0 aliphatic heterocycles. The summed E-state index contributed by atoms with van der Waals surface area (Å²) in [5, 5.41) is 10.9. The van der Waals surface area contributed by atoms with Crippen LogP contribution in [0, 0.1) is 0 Å². The molecule has 0 saturated carbocycles. The third kappa shape index (κ3) is 3.65. The van der Waals surface area contributed by atoms with Gasteiger partial charge in [-0.15, -0.1) is 0 Å². The normalized spacial score (nSPS) is 9.72. The van der Waals surface area contributed by atoms with E-state index >= 15 is 0 Å². The smallest absolute Gasteiger partial charge is 0.409 e. The van der Waals surface area contributed by atoms with Gasteiger partial charge in [-0.3, -0.25) is 10.1 Å². The van der Waals surface area contributed by atoms with Crippen LogP contribution < -0.4 is 10.1 Å². The van der Waals surface area contributed by atoms with E-state index in [1.165, 1.54) is 12.0 Å². The Morgan fingerprint density at radius 2 is 2.06 bits per heavy atom. The van der Waals surface area contributed by atoms with Gasteiger partial charge in [-0.1, -0.05) is 0 Å². The zero-order valence-corrected chi connectivity index (χ0v) is 10.6. The van der Waals surface area contributed by atoms with Crippen LogP contribution in [0.5, 0.6) is 5.75 Å². The molecule has 1 aromatic carbocycles. The third-order valence-corrected chi connectivity index (χ3v) is 2.37. The van der Waals surface area contributed by atoms with Crippen LogP contribution in [-0.4, -0.2) is 43.2 Å². The lowest BCUT2D eigenvalue weighted by molar-refractivity contribution is -0.127. The maximum Gasteiger partial charge on any atom is 0.409 e. The first kappa shape index (κ1) is 13.8. The molecule has 18 heavy (non-hydrogen) atoms. The molecule has 0 aliphatic carbocycles. The number of carboxylic acid groups (broad SMARTS) is 1. The summed E-state index contributed by atoms with van der Waals surface area (Å²) in [7, 11) is 4.82. The Morgan fingerprint density at radius 1 is 1.39 bits per heavy atom. The number of nitrogens with zero attached hydrogens (tertiary/aromatic N) is 1. The molecule has 0 aliphatic rings. The van der Waals surface area contributed by atoms with Crippen LogP contribution in [0.4, 0.5) is 10.5 Å². The zero-order chi connectivity index (χ0) is 13.7. The van der Waals surface area contributed by atoms with E-state index in [-0.39, 0.29) is 12.3 Å². The summed E-state index contributed by atoms with van der Waals surface area (Å²) < 4.78 is 5.14. The molecule has 0 aromatic heterocycles. The minimum Gasteiger partial charge on any atom is -0.496 e. The summed E-state index contributed by atoms with van der Waals surface area (Å²) in [5.74, 6) is 0.474. The highest BCUT2D eigenvalue weighted by atomic mass is 16.5. The predicted molar refractivity (Wildman–Crippen MR) is 67.0 cm³/mol. The fourth-order valence-electron chi connectivity index (χ4n) is 1.44. The number of ether oxygens (including phenoxy) is 1. The average molecular weight is 252 g/mol. The molecule has 1 rings (SSSR count). The van der Waals surface area contributed by atoms with Gasteiger partial charge < -0.3 is 14.7 Å². The van der Waals surface area contributed by atoms with Crippen molar-refractivity contribution in [1.82, 2.24) is 4.90 Å². The molecular formula is C12H16N2O4. The van der Waals surface area contributed by atoms with Gasteiger partial charge in [-0.05, 0) is 18.2 Å². The van der Waals surface area contributed by atoms with Crippen molar-refractivity contribution < 1.29 is 19.4 Å². The van der Waals surface area contributed by atoms with Crippen molar-refractivity contribution in [2.75, 3.05) is 26.5 Å². The van der Waals surface area contributed by atoms with Gasteiger partial charge in [0.15, 0.2) is 0 Å². The van der Waals surface area contributed by atoms with Gasteiger partial charge in [0.2, 0.25) is 5.91 Å². The van der Waals surface area contributed by atoms with Crippen molar-refractivity contribution in [3.8, 4) is 5.75 Å². The summed E-state index contributed by atoms with van der Waals surface area (Å²) in [5.41, 5.74) is 1.05. The van der Waals surface area contributed by atoms with Crippen molar-refractivity contribution in [2.45, 2.75) is 6.42 Å². The molecule has 0 atom stereocenters. The van der Waals surface area contributed by atoms with E-state index in [0.717, 1.165) is 0 Å². The largest absolute Gasteiger partial charge is 0.496 e. The number of hydrogen-bond donors (Lipinski definition) is 2. The number of methoxy groups -OCH3 is 1. The SMILES string of the molecule is COc1ccc(NC(=O)O)cc1CC(=O)N(C)C. The van der Waals surface area contributed by atoms with Crippen LogP contribution in [0.2, 0.25) is 0 Å². The quantitative estimate of drug-likeness (QED) is 0.849. The molecule has 0 saturated heterocycles. The van der Waals surface area contributed by atoms with Gasteiger partial charge >= 0.3 is 6.09 Å². The third-order valence-electron chi connectivity index (χ3n) is 2.37. The van der Waals surface area contributed by atoms with Gasteiger partial charge in [0.25, 0.3) is 0 Å². The van der Waals surface area contributed by atoms with Crippen LogP contribution in [0.25, 0.3) is 0 Å². The summed E-state index contributed by atoms with van der Waals surface area (Å²) in [6, 6.07) is 4.80. The Labute approximate surface area is 105 Å². The average Bonchev–Trinajstić information content (AvgIpc) is 2.28. The van der Waals surface area contributed by atoms with Crippen LogP contribution in [0.1, 0.15) is 5.56 Å². The van der Waals surface area contributed by atoms with Crippen molar-refractivity contribution in [1.29, 1.82) is 0 Å². The lowest BCUT2D eigenvalue weighted by Crippen LogP contribution is -2.23. The maximum atomic E-state index is 11.6. The van der Waals surface area contributed by atoms with E-state index in [1.807, 2.05) is 0 Å². The molecule has 0 heterocycles. The number of rotatable bonds is 4. The minimum atomic E-state index is -1.15.